The highest BCUT2D eigenvalue weighted by molar-refractivity contribution is 5.31. The Morgan fingerprint density at radius 3 is 2.72 bits per heavy atom. The normalized spacial score (nSPS) is 12.2. The van der Waals surface area contributed by atoms with E-state index in [9.17, 15) is 4.39 Å². The number of ether oxygens (including phenoxy) is 1. The Morgan fingerprint density at radius 2 is 2.06 bits per heavy atom. The van der Waals surface area contributed by atoms with Crippen molar-refractivity contribution in [1.82, 2.24) is 20.3 Å². The van der Waals surface area contributed by atoms with E-state index in [1.165, 1.54) is 13.2 Å². The zero-order valence-electron chi connectivity index (χ0n) is 10.1. The molecule has 0 radical (unpaired) electrons. The van der Waals surface area contributed by atoms with Crippen LogP contribution in [0.1, 0.15) is 17.3 Å². The lowest BCUT2D eigenvalue weighted by molar-refractivity contribution is 0.384. The Bertz CT molecular complexity index is 535. The summed E-state index contributed by atoms with van der Waals surface area (Å²) in [6, 6.07) is 1.08. The molecule has 2 heterocycles. The van der Waals surface area contributed by atoms with Crippen molar-refractivity contribution in [3.63, 3.8) is 0 Å². The summed E-state index contributed by atoms with van der Waals surface area (Å²) in [4.78, 5) is 12.1. The third kappa shape index (κ3) is 2.43. The van der Waals surface area contributed by atoms with Crippen LogP contribution in [0.4, 0.5) is 4.39 Å². The zero-order chi connectivity index (χ0) is 13.0. The lowest BCUT2D eigenvalue weighted by Gasteiger charge is -2.17. The van der Waals surface area contributed by atoms with E-state index in [4.69, 9.17) is 4.74 Å². The predicted octanol–water partition coefficient (Wildman–Crippen LogP) is 1.33. The van der Waals surface area contributed by atoms with E-state index in [0.29, 0.717) is 17.1 Å². The standard InChI is InChI=1S/C12H13FN4O/c1-14-10(8-5-9(13)7-15-6-8)11-12(18-2)17-4-3-16-11/h3-7,10,14H,1-2H3. The molecule has 5 nitrogen and oxygen atoms in total. The lowest BCUT2D eigenvalue weighted by atomic mass is 10.1. The van der Waals surface area contributed by atoms with Gasteiger partial charge in [-0.05, 0) is 18.7 Å². The number of hydrogen-bond donors (Lipinski definition) is 1. The SMILES string of the molecule is CNC(c1cncc(F)c1)c1nccnc1OC. The molecule has 0 aliphatic heterocycles. The molecule has 0 bridgehead atoms. The Kier molecular flexibility index (Phi) is 3.78. The van der Waals surface area contributed by atoms with Gasteiger partial charge in [0.1, 0.15) is 11.5 Å². The summed E-state index contributed by atoms with van der Waals surface area (Å²) in [5, 5.41) is 3.05. The molecule has 0 aliphatic carbocycles. The maximum absolute atomic E-state index is 13.2. The monoisotopic (exact) mass is 248 g/mol. The summed E-state index contributed by atoms with van der Waals surface area (Å²) >= 11 is 0. The molecule has 0 amide bonds. The molecule has 2 rings (SSSR count). The van der Waals surface area contributed by atoms with Gasteiger partial charge in [-0.3, -0.25) is 9.97 Å². The van der Waals surface area contributed by atoms with Crippen molar-refractivity contribution in [2.45, 2.75) is 6.04 Å². The summed E-state index contributed by atoms with van der Waals surface area (Å²) in [6.45, 7) is 0. The maximum atomic E-state index is 13.2. The minimum atomic E-state index is -0.393. The first kappa shape index (κ1) is 12.4. The van der Waals surface area contributed by atoms with Gasteiger partial charge in [-0.15, -0.1) is 0 Å². The molecule has 94 valence electrons. The molecule has 1 atom stereocenters. The highest BCUT2D eigenvalue weighted by atomic mass is 19.1. The van der Waals surface area contributed by atoms with Crippen molar-refractivity contribution in [1.29, 1.82) is 0 Å². The quantitative estimate of drug-likeness (QED) is 0.884. The maximum Gasteiger partial charge on any atom is 0.237 e. The van der Waals surface area contributed by atoms with Crippen molar-refractivity contribution in [2.75, 3.05) is 14.2 Å². The highest BCUT2D eigenvalue weighted by Gasteiger charge is 2.19. The Balaban J connectivity index is 2.45. The average molecular weight is 248 g/mol. The van der Waals surface area contributed by atoms with Crippen molar-refractivity contribution in [3.8, 4) is 5.88 Å². The van der Waals surface area contributed by atoms with E-state index in [-0.39, 0.29) is 6.04 Å². The summed E-state index contributed by atoms with van der Waals surface area (Å²) in [5.74, 6) is 0.0109. The molecule has 0 saturated carbocycles. The number of aromatic nitrogens is 3. The first-order valence-electron chi connectivity index (χ1n) is 5.39. The second-order valence-electron chi connectivity index (χ2n) is 3.61. The van der Waals surface area contributed by atoms with Crippen LogP contribution in [0.2, 0.25) is 0 Å². The van der Waals surface area contributed by atoms with Gasteiger partial charge in [-0.1, -0.05) is 0 Å². The van der Waals surface area contributed by atoms with Gasteiger partial charge in [-0.25, -0.2) is 9.37 Å². The fraction of sp³-hybridized carbons (Fsp3) is 0.250. The van der Waals surface area contributed by atoms with Crippen LogP contribution in [0.3, 0.4) is 0 Å². The number of hydrogen-bond acceptors (Lipinski definition) is 5. The molecule has 6 heteroatoms. The van der Waals surface area contributed by atoms with E-state index >= 15 is 0 Å². The van der Waals surface area contributed by atoms with Gasteiger partial charge >= 0.3 is 0 Å². The fourth-order valence-electron chi connectivity index (χ4n) is 1.74. The third-order valence-corrected chi connectivity index (χ3v) is 2.51. The topological polar surface area (TPSA) is 59.9 Å². The molecule has 2 aromatic heterocycles. The molecule has 0 fully saturated rings. The number of rotatable bonds is 4. The number of nitrogens with zero attached hydrogens (tertiary/aromatic N) is 3. The van der Waals surface area contributed by atoms with Crippen LogP contribution in [-0.4, -0.2) is 29.1 Å². The van der Waals surface area contributed by atoms with Crippen LogP contribution < -0.4 is 10.1 Å². The van der Waals surface area contributed by atoms with Crippen molar-refractivity contribution in [2.24, 2.45) is 0 Å². The molecule has 2 aromatic rings. The first-order valence-corrected chi connectivity index (χ1v) is 5.39. The van der Waals surface area contributed by atoms with Gasteiger partial charge in [0.15, 0.2) is 0 Å². The number of halogens is 1. The molecule has 1 unspecified atom stereocenters. The van der Waals surface area contributed by atoms with E-state index < -0.39 is 5.82 Å². The van der Waals surface area contributed by atoms with E-state index in [1.807, 2.05) is 0 Å². The molecule has 0 aromatic carbocycles. The van der Waals surface area contributed by atoms with Crippen LogP contribution in [0.5, 0.6) is 5.88 Å². The van der Waals surface area contributed by atoms with Gasteiger partial charge in [-0.2, -0.15) is 0 Å². The van der Waals surface area contributed by atoms with Gasteiger partial charge in [0.25, 0.3) is 0 Å². The summed E-state index contributed by atoms with van der Waals surface area (Å²) < 4.78 is 18.4. The highest BCUT2D eigenvalue weighted by Crippen LogP contribution is 2.25. The van der Waals surface area contributed by atoms with Crippen LogP contribution >= 0.6 is 0 Å². The fourth-order valence-corrected chi connectivity index (χ4v) is 1.74. The van der Waals surface area contributed by atoms with Crippen LogP contribution in [0.15, 0.2) is 30.9 Å². The average Bonchev–Trinajstić information content (AvgIpc) is 2.40. The third-order valence-electron chi connectivity index (χ3n) is 2.51. The smallest absolute Gasteiger partial charge is 0.237 e. The molecular formula is C12H13FN4O. The molecular weight excluding hydrogens is 235 g/mol. The molecule has 0 aliphatic rings. The van der Waals surface area contributed by atoms with Crippen LogP contribution in [0, 0.1) is 5.82 Å². The van der Waals surface area contributed by atoms with E-state index in [0.717, 1.165) is 6.20 Å². The summed E-state index contributed by atoms with van der Waals surface area (Å²) in [6.07, 6.45) is 5.84. The van der Waals surface area contributed by atoms with Crippen LogP contribution in [-0.2, 0) is 0 Å². The zero-order valence-corrected chi connectivity index (χ0v) is 10.1. The van der Waals surface area contributed by atoms with Gasteiger partial charge in [0, 0.05) is 18.6 Å². The largest absolute Gasteiger partial charge is 0.480 e. The van der Waals surface area contributed by atoms with Gasteiger partial charge in [0.2, 0.25) is 5.88 Å². The lowest BCUT2D eigenvalue weighted by Crippen LogP contribution is -2.20. The minimum absolute atomic E-state index is 0.322. The van der Waals surface area contributed by atoms with Gasteiger partial charge < -0.3 is 10.1 Å². The van der Waals surface area contributed by atoms with Crippen LogP contribution in [0.25, 0.3) is 0 Å². The number of methoxy groups -OCH3 is 1. The first-order chi connectivity index (χ1) is 8.76. The number of nitrogens with one attached hydrogen (secondary N) is 1. The van der Waals surface area contributed by atoms with Crippen molar-refractivity contribution < 1.29 is 9.13 Å². The molecule has 1 N–H and O–H groups in total. The van der Waals surface area contributed by atoms with Gasteiger partial charge in [0.05, 0.1) is 19.3 Å². The van der Waals surface area contributed by atoms with E-state index in [1.54, 1.807) is 25.6 Å². The van der Waals surface area contributed by atoms with Crippen molar-refractivity contribution >= 4 is 0 Å². The summed E-state index contributed by atoms with van der Waals surface area (Å²) in [7, 11) is 3.27. The molecule has 0 saturated heterocycles. The van der Waals surface area contributed by atoms with Crippen molar-refractivity contribution in [3.05, 3.63) is 47.9 Å². The second kappa shape index (κ2) is 5.50. The second-order valence-corrected chi connectivity index (χ2v) is 3.61. The van der Waals surface area contributed by atoms with E-state index in [2.05, 4.69) is 20.3 Å². The molecule has 0 spiro atoms. The minimum Gasteiger partial charge on any atom is -0.480 e. The molecule has 18 heavy (non-hydrogen) atoms. The Morgan fingerprint density at radius 1 is 1.28 bits per heavy atom. The Labute approximate surface area is 104 Å². The summed E-state index contributed by atoms with van der Waals surface area (Å²) in [5.41, 5.74) is 1.26. The predicted molar refractivity (Wildman–Crippen MR) is 63.7 cm³/mol. The Hall–Kier alpha value is -2.08. The number of pyridine rings is 1.